The van der Waals surface area contributed by atoms with Gasteiger partial charge in [0.2, 0.25) is 0 Å². The lowest BCUT2D eigenvalue weighted by Crippen LogP contribution is -2.33. The average molecular weight is 266 g/mol. The van der Waals surface area contributed by atoms with Gasteiger partial charge in [0.15, 0.2) is 0 Å². The van der Waals surface area contributed by atoms with Crippen molar-refractivity contribution in [1.29, 1.82) is 0 Å². The summed E-state index contributed by atoms with van der Waals surface area (Å²) in [6, 6.07) is 4.06. The van der Waals surface area contributed by atoms with Crippen molar-refractivity contribution >= 4 is 0 Å². The molecule has 0 aromatic carbocycles. The van der Waals surface area contributed by atoms with E-state index < -0.39 is 0 Å². The third-order valence-electron chi connectivity index (χ3n) is 3.50. The third-order valence-corrected chi connectivity index (χ3v) is 3.50. The molecule has 0 saturated heterocycles. The molecule has 3 heteroatoms. The summed E-state index contributed by atoms with van der Waals surface area (Å²) in [5.74, 6) is -0.269. The molecule has 0 aliphatic rings. The Morgan fingerprint density at radius 1 is 1.16 bits per heavy atom. The number of rotatable bonds is 9. The van der Waals surface area contributed by atoms with Gasteiger partial charge in [-0.2, -0.15) is 0 Å². The van der Waals surface area contributed by atoms with Crippen LogP contribution in [0.5, 0.6) is 0 Å². The van der Waals surface area contributed by atoms with Crippen molar-refractivity contribution in [3.63, 3.8) is 0 Å². The molecule has 0 radical (unpaired) electrons. The second-order valence-electron chi connectivity index (χ2n) is 5.16. The van der Waals surface area contributed by atoms with Gasteiger partial charge in [-0.15, -0.1) is 0 Å². The van der Waals surface area contributed by atoms with Crippen molar-refractivity contribution < 1.29 is 4.39 Å². The molecule has 19 heavy (non-hydrogen) atoms. The predicted molar refractivity (Wildman–Crippen MR) is 78.6 cm³/mol. The Morgan fingerprint density at radius 3 is 2.47 bits per heavy atom. The standard InChI is InChI=1S/C16H27FN2/c1-4-7-9-14(8-5-2)19-15(6-3)16-11-10-13(17)12-18-16/h10-12,14-15,19H,4-9H2,1-3H3. The fourth-order valence-corrected chi connectivity index (χ4v) is 2.40. The fourth-order valence-electron chi connectivity index (χ4n) is 2.40. The Balaban J connectivity index is 2.64. The van der Waals surface area contributed by atoms with Crippen LogP contribution >= 0.6 is 0 Å². The molecule has 0 aliphatic carbocycles. The molecule has 0 fully saturated rings. The number of pyridine rings is 1. The van der Waals surface area contributed by atoms with Crippen molar-refractivity contribution in [3.8, 4) is 0 Å². The van der Waals surface area contributed by atoms with E-state index in [4.69, 9.17) is 0 Å². The first-order chi connectivity index (χ1) is 9.21. The molecule has 1 rings (SSSR count). The van der Waals surface area contributed by atoms with Crippen LogP contribution in [0.15, 0.2) is 18.3 Å². The second kappa shape index (κ2) is 9.03. The fraction of sp³-hybridized carbons (Fsp3) is 0.688. The molecule has 1 heterocycles. The highest BCUT2D eigenvalue weighted by Gasteiger charge is 2.15. The van der Waals surface area contributed by atoms with Gasteiger partial charge in [-0.05, 0) is 31.4 Å². The first-order valence-electron chi connectivity index (χ1n) is 7.58. The highest BCUT2D eigenvalue weighted by Crippen LogP contribution is 2.18. The largest absolute Gasteiger partial charge is 0.306 e. The third kappa shape index (κ3) is 5.68. The van der Waals surface area contributed by atoms with Gasteiger partial charge in [0.05, 0.1) is 11.9 Å². The van der Waals surface area contributed by atoms with E-state index in [2.05, 4.69) is 31.1 Å². The Morgan fingerprint density at radius 2 is 1.95 bits per heavy atom. The van der Waals surface area contributed by atoms with Crippen LogP contribution in [0.2, 0.25) is 0 Å². The normalized spacial score (nSPS) is 14.3. The van der Waals surface area contributed by atoms with Crippen LogP contribution in [-0.2, 0) is 0 Å². The van der Waals surface area contributed by atoms with Crippen LogP contribution in [0, 0.1) is 5.82 Å². The number of halogens is 1. The maximum atomic E-state index is 12.9. The predicted octanol–water partition coefficient (Wildman–Crippen LogP) is 4.62. The van der Waals surface area contributed by atoms with Crippen LogP contribution in [0.3, 0.4) is 0 Å². The molecular weight excluding hydrogens is 239 g/mol. The molecule has 108 valence electrons. The number of nitrogens with one attached hydrogen (secondary N) is 1. The molecule has 0 saturated carbocycles. The average Bonchev–Trinajstić information content (AvgIpc) is 2.43. The highest BCUT2D eigenvalue weighted by atomic mass is 19.1. The van der Waals surface area contributed by atoms with Crippen molar-refractivity contribution in [2.45, 2.75) is 71.4 Å². The quantitative estimate of drug-likeness (QED) is 0.705. The van der Waals surface area contributed by atoms with E-state index in [1.165, 1.54) is 44.4 Å². The maximum Gasteiger partial charge on any atom is 0.141 e. The number of unbranched alkanes of at least 4 members (excludes halogenated alkanes) is 1. The monoisotopic (exact) mass is 266 g/mol. The zero-order valence-corrected chi connectivity index (χ0v) is 12.5. The smallest absolute Gasteiger partial charge is 0.141 e. The van der Waals surface area contributed by atoms with Crippen LogP contribution in [-0.4, -0.2) is 11.0 Å². The van der Waals surface area contributed by atoms with E-state index in [1.54, 1.807) is 6.07 Å². The molecule has 0 amide bonds. The number of hydrogen-bond donors (Lipinski definition) is 1. The summed E-state index contributed by atoms with van der Waals surface area (Å²) >= 11 is 0. The SMILES string of the molecule is CCCCC(CCC)NC(CC)c1ccc(F)cn1. The zero-order valence-electron chi connectivity index (χ0n) is 12.5. The van der Waals surface area contributed by atoms with Crippen LogP contribution < -0.4 is 5.32 Å². The lowest BCUT2D eigenvalue weighted by atomic mass is 10.0. The Labute approximate surface area is 116 Å². The van der Waals surface area contributed by atoms with Crippen molar-refractivity contribution in [2.24, 2.45) is 0 Å². The summed E-state index contributed by atoms with van der Waals surface area (Å²) in [5, 5.41) is 3.69. The molecule has 1 N–H and O–H groups in total. The van der Waals surface area contributed by atoms with Gasteiger partial charge in [-0.25, -0.2) is 4.39 Å². The lowest BCUT2D eigenvalue weighted by molar-refractivity contribution is 0.372. The van der Waals surface area contributed by atoms with Crippen LogP contribution in [0.25, 0.3) is 0 Å². The topological polar surface area (TPSA) is 24.9 Å². The summed E-state index contributed by atoms with van der Waals surface area (Å²) in [5.41, 5.74) is 0.946. The van der Waals surface area contributed by atoms with E-state index in [0.717, 1.165) is 12.1 Å². The van der Waals surface area contributed by atoms with E-state index in [9.17, 15) is 4.39 Å². The number of aromatic nitrogens is 1. The summed E-state index contributed by atoms with van der Waals surface area (Å²) in [7, 11) is 0. The highest BCUT2D eigenvalue weighted by molar-refractivity contribution is 5.10. The summed E-state index contributed by atoms with van der Waals surface area (Å²) < 4.78 is 12.9. The van der Waals surface area contributed by atoms with Crippen molar-refractivity contribution in [1.82, 2.24) is 10.3 Å². The van der Waals surface area contributed by atoms with E-state index >= 15 is 0 Å². The minimum absolute atomic E-state index is 0.231. The second-order valence-corrected chi connectivity index (χ2v) is 5.16. The van der Waals surface area contributed by atoms with Gasteiger partial charge in [0.1, 0.15) is 5.82 Å². The minimum atomic E-state index is -0.269. The molecule has 0 bridgehead atoms. The molecular formula is C16H27FN2. The van der Waals surface area contributed by atoms with E-state index in [-0.39, 0.29) is 11.9 Å². The molecule has 2 atom stereocenters. The van der Waals surface area contributed by atoms with Crippen molar-refractivity contribution in [3.05, 3.63) is 29.8 Å². The molecule has 1 aromatic heterocycles. The Bertz CT molecular complexity index is 337. The van der Waals surface area contributed by atoms with Gasteiger partial charge in [0.25, 0.3) is 0 Å². The summed E-state index contributed by atoms with van der Waals surface area (Å²) in [6.45, 7) is 6.59. The molecule has 1 aromatic rings. The number of hydrogen-bond acceptors (Lipinski definition) is 2. The minimum Gasteiger partial charge on any atom is -0.306 e. The van der Waals surface area contributed by atoms with Gasteiger partial charge >= 0.3 is 0 Å². The molecule has 2 unspecified atom stereocenters. The van der Waals surface area contributed by atoms with Gasteiger partial charge in [0, 0.05) is 12.1 Å². The maximum absolute atomic E-state index is 12.9. The summed E-state index contributed by atoms with van der Waals surface area (Å²) in [4.78, 5) is 4.21. The molecule has 2 nitrogen and oxygen atoms in total. The van der Waals surface area contributed by atoms with Gasteiger partial charge < -0.3 is 5.32 Å². The van der Waals surface area contributed by atoms with E-state index in [0.29, 0.717) is 6.04 Å². The number of nitrogens with zero attached hydrogens (tertiary/aromatic N) is 1. The van der Waals surface area contributed by atoms with Gasteiger partial charge in [-0.3, -0.25) is 4.98 Å². The molecule has 0 aliphatic heterocycles. The lowest BCUT2D eigenvalue weighted by Gasteiger charge is -2.24. The van der Waals surface area contributed by atoms with Gasteiger partial charge in [-0.1, -0.05) is 40.0 Å². The Hall–Kier alpha value is -0.960. The van der Waals surface area contributed by atoms with Crippen LogP contribution in [0.1, 0.15) is 71.0 Å². The first-order valence-corrected chi connectivity index (χ1v) is 7.58. The van der Waals surface area contributed by atoms with Crippen LogP contribution in [0.4, 0.5) is 4.39 Å². The van der Waals surface area contributed by atoms with E-state index in [1.807, 2.05) is 0 Å². The summed E-state index contributed by atoms with van der Waals surface area (Å²) in [6.07, 6.45) is 8.36. The molecule has 0 spiro atoms. The zero-order chi connectivity index (χ0) is 14.1. The first kappa shape index (κ1) is 16.1. The van der Waals surface area contributed by atoms with Crippen molar-refractivity contribution in [2.75, 3.05) is 0 Å². The Kier molecular flexibility index (Phi) is 7.65.